The van der Waals surface area contributed by atoms with Crippen molar-refractivity contribution in [2.24, 2.45) is 0 Å². The lowest BCUT2D eigenvalue weighted by Crippen LogP contribution is -2.18. The summed E-state index contributed by atoms with van der Waals surface area (Å²) in [5.74, 6) is -0.0621. The SMILES string of the molecule is CCOC(=O)c1sc(N)c(C#N)c1CSc1nnc(NCC2CCCO2)s1. The predicted molar refractivity (Wildman–Crippen MR) is 106 cm³/mol. The van der Waals surface area contributed by atoms with Gasteiger partial charge in [0.1, 0.15) is 15.9 Å². The third kappa shape index (κ3) is 4.90. The molecule has 1 atom stereocenters. The van der Waals surface area contributed by atoms with Gasteiger partial charge in [-0.1, -0.05) is 23.1 Å². The number of rotatable bonds is 8. The maximum Gasteiger partial charge on any atom is 0.348 e. The van der Waals surface area contributed by atoms with Gasteiger partial charge in [-0.15, -0.1) is 21.5 Å². The molecule has 11 heteroatoms. The first kappa shape index (κ1) is 19.9. The highest BCUT2D eigenvalue weighted by Crippen LogP contribution is 2.36. The first-order chi connectivity index (χ1) is 13.1. The molecular weight excluding hydrogens is 406 g/mol. The Hall–Kier alpha value is -1.87. The smallest absolute Gasteiger partial charge is 0.348 e. The summed E-state index contributed by atoms with van der Waals surface area (Å²) in [5, 5.41) is 21.9. The van der Waals surface area contributed by atoms with Crippen molar-refractivity contribution in [3.05, 3.63) is 16.0 Å². The van der Waals surface area contributed by atoms with Crippen LogP contribution in [0, 0.1) is 11.3 Å². The van der Waals surface area contributed by atoms with E-state index in [9.17, 15) is 10.1 Å². The number of carbonyl (C=O) groups excluding carboxylic acids is 1. The molecule has 0 radical (unpaired) electrons. The van der Waals surface area contributed by atoms with Crippen LogP contribution in [-0.4, -0.2) is 42.0 Å². The predicted octanol–water partition coefficient (Wildman–Crippen LogP) is 3.11. The van der Waals surface area contributed by atoms with Gasteiger partial charge < -0.3 is 20.5 Å². The zero-order chi connectivity index (χ0) is 19.2. The van der Waals surface area contributed by atoms with E-state index >= 15 is 0 Å². The van der Waals surface area contributed by atoms with Gasteiger partial charge in [0.05, 0.1) is 18.3 Å². The Morgan fingerprint density at radius 3 is 3.07 bits per heavy atom. The van der Waals surface area contributed by atoms with Crippen LogP contribution in [0.25, 0.3) is 0 Å². The van der Waals surface area contributed by atoms with E-state index < -0.39 is 5.97 Å². The van der Waals surface area contributed by atoms with E-state index in [1.807, 2.05) is 0 Å². The molecule has 2 aromatic heterocycles. The first-order valence-electron chi connectivity index (χ1n) is 8.42. The zero-order valence-electron chi connectivity index (χ0n) is 14.7. The lowest BCUT2D eigenvalue weighted by Gasteiger charge is -2.08. The molecule has 0 bridgehead atoms. The van der Waals surface area contributed by atoms with Crippen LogP contribution >= 0.6 is 34.4 Å². The summed E-state index contributed by atoms with van der Waals surface area (Å²) in [5.41, 5.74) is 6.81. The second kappa shape index (κ2) is 9.36. The topological polar surface area (TPSA) is 123 Å². The molecule has 0 spiro atoms. The maximum absolute atomic E-state index is 12.1. The van der Waals surface area contributed by atoms with Crippen LogP contribution in [0.1, 0.15) is 40.6 Å². The van der Waals surface area contributed by atoms with Crippen LogP contribution in [0.3, 0.4) is 0 Å². The third-order valence-corrected chi connectivity index (χ3v) is 6.94. The van der Waals surface area contributed by atoms with Crippen molar-refractivity contribution < 1.29 is 14.3 Å². The summed E-state index contributed by atoms with van der Waals surface area (Å²) in [4.78, 5) is 12.5. The summed E-state index contributed by atoms with van der Waals surface area (Å²) < 4.78 is 11.4. The summed E-state index contributed by atoms with van der Waals surface area (Å²) in [6, 6.07) is 2.08. The Bertz CT molecular complexity index is 839. The fourth-order valence-corrected chi connectivity index (χ4v) is 5.40. The molecule has 0 aliphatic carbocycles. The van der Waals surface area contributed by atoms with E-state index in [1.54, 1.807) is 6.92 Å². The third-order valence-electron chi connectivity index (χ3n) is 3.86. The molecular formula is C16H19N5O3S3. The van der Waals surface area contributed by atoms with Crippen molar-refractivity contribution in [1.82, 2.24) is 10.2 Å². The molecule has 27 heavy (non-hydrogen) atoms. The zero-order valence-corrected chi connectivity index (χ0v) is 17.1. The fourth-order valence-electron chi connectivity index (χ4n) is 2.59. The highest BCUT2D eigenvalue weighted by atomic mass is 32.2. The van der Waals surface area contributed by atoms with Gasteiger partial charge in [0, 0.05) is 24.5 Å². The molecule has 3 N–H and O–H groups in total. The van der Waals surface area contributed by atoms with Gasteiger partial charge in [0.15, 0.2) is 4.34 Å². The number of nitrogens with zero attached hydrogens (tertiary/aromatic N) is 3. The van der Waals surface area contributed by atoms with Gasteiger partial charge in [-0.2, -0.15) is 5.26 Å². The molecule has 0 saturated carbocycles. The molecule has 1 aliphatic rings. The highest BCUT2D eigenvalue weighted by Gasteiger charge is 2.23. The number of thiophene rings is 1. The number of hydrogen-bond donors (Lipinski definition) is 2. The minimum Gasteiger partial charge on any atom is -0.462 e. The Morgan fingerprint density at radius 2 is 2.37 bits per heavy atom. The van der Waals surface area contributed by atoms with Gasteiger partial charge in [-0.05, 0) is 19.8 Å². The molecule has 144 valence electrons. The van der Waals surface area contributed by atoms with Crippen molar-refractivity contribution in [2.45, 2.75) is 36.0 Å². The molecule has 2 aromatic rings. The number of nitrogens with one attached hydrogen (secondary N) is 1. The maximum atomic E-state index is 12.1. The average molecular weight is 426 g/mol. The number of anilines is 2. The number of hydrogen-bond acceptors (Lipinski definition) is 11. The number of nitriles is 1. The van der Waals surface area contributed by atoms with Gasteiger partial charge in [0.2, 0.25) is 5.13 Å². The summed E-state index contributed by atoms with van der Waals surface area (Å²) in [7, 11) is 0. The van der Waals surface area contributed by atoms with Crippen LogP contribution in [-0.2, 0) is 15.2 Å². The van der Waals surface area contributed by atoms with Gasteiger partial charge in [-0.3, -0.25) is 0 Å². The van der Waals surface area contributed by atoms with Crippen molar-refractivity contribution >= 4 is 50.5 Å². The van der Waals surface area contributed by atoms with E-state index in [-0.39, 0.29) is 12.7 Å². The minimum absolute atomic E-state index is 0.226. The number of aromatic nitrogens is 2. The van der Waals surface area contributed by atoms with E-state index in [4.69, 9.17) is 15.2 Å². The molecule has 1 fully saturated rings. The average Bonchev–Trinajstić information content (AvgIpc) is 3.38. The Kier molecular flexibility index (Phi) is 6.89. The number of nitrogen functional groups attached to an aromatic ring is 1. The largest absolute Gasteiger partial charge is 0.462 e. The van der Waals surface area contributed by atoms with Crippen molar-refractivity contribution in [2.75, 3.05) is 30.8 Å². The number of ether oxygens (including phenoxy) is 2. The fraction of sp³-hybridized carbons (Fsp3) is 0.500. The lowest BCUT2D eigenvalue weighted by atomic mass is 10.2. The minimum atomic E-state index is -0.456. The lowest BCUT2D eigenvalue weighted by molar-refractivity contribution is 0.0531. The molecule has 0 amide bonds. The van der Waals surface area contributed by atoms with Crippen LogP contribution < -0.4 is 11.1 Å². The van der Waals surface area contributed by atoms with E-state index in [1.165, 1.54) is 23.1 Å². The number of nitrogens with two attached hydrogens (primary N) is 1. The number of carbonyl (C=O) groups is 1. The van der Waals surface area contributed by atoms with E-state index in [2.05, 4.69) is 21.6 Å². The quantitative estimate of drug-likeness (QED) is 0.485. The van der Waals surface area contributed by atoms with Crippen molar-refractivity contribution in [3.8, 4) is 6.07 Å². The van der Waals surface area contributed by atoms with Crippen LogP contribution in [0.4, 0.5) is 10.1 Å². The summed E-state index contributed by atoms with van der Waals surface area (Å²) in [6.45, 7) is 3.53. The van der Waals surface area contributed by atoms with E-state index in [0.29, 0.717) is 33.3 Å². The first-order valence-corrected chi connectivity index (χ1v) is 11.0. The van der Waals surface area contributed by atoms with E-state index in [0.717, 1.165) is 40.3 Å². The van der Waals surface area contributed by atoms with Crippen LogP contribution in [0.2, 0.25) is 0 Å². The Labute approximate surface area is 169 Å². The highest BCUT2D eigenvalue weighted by molar-refractivity contribution is 8.00. The molecule has 1 aliphatic heterocycles. The molecule has 3 heterocycles. The van der Waals surface area contributed by atoms with Gasteiger partial charge >= 0.3 is 5.97 Å². The van der Waals surface area contributed by atoms with Gasteiger partial charge in [0.25, 0.3) is 0 Å². The number of thioether (sulfide) groups is 1. The second-order valence-corrected chi connectivity index (χ2v) is 8.91. The normalized spacial score (nSPS) is 16.2. The Balaban J connectivity index is 1.64. The van der Waals surface area contributed by atoms with Crippen molar-refractivity contribution in [1.29, 1.82) is 5.26 Å². The second-order valence-electron chi connectivity index (χ2n) is 5.66. The van der Waals surface area contributed by atoms with Crippen LogP contribution in [0.5, 0.6) is 0 Å². The van der Waals surface area contributed by atoms with Gasteiger partial charge in [-0.25, -0.2) is 4.79 Å². The molecule has 1 unspecified atom stereocenters. The molecule has 3 rings (SSSR count). The molecule has 8 nitrogen and oxygen atoms in total. The standard InChI is InChI=1S/C16H19N5O3S3/c1-2-23-14(22)12-11(10(6-17)13(18)26-12)8-25-16-21-20-15(27-16)19-7-9-4-3-5-24-9/h9H,2-5,7-8,18H2,1H3,(H,19,20). The number of esters is 1. The monoisotopic (exact) mass is 425 g/mol. The Morgan fingerprint density at radius 1 is 1.52 bits per heavy atom. The summed E-state index contributed by atoms with van der Waals surface area (Å²) in [6.07, 6.45) is 2.38. The van der Waals surface area contributed by atoms with Crippen LogP contribution in [0.15, 0.2) is 4.34 Å². The molecule has 1 saturated heterocycles. The summed E-state index contributed by atoms with van der Waals surface area (Å²) >= 11 is 3.92. The van der Waals surface area contributed by atoms with Crippen molar-refractivity contribution in [3.63, 3.8) is 0 Å². The molecule has 0 aromatic carbocycles.